The van der Waals surface area contributed by atoms with E-state index in [0.717, 1.165) is 0 Å². The molecule has 106 valence electrons. The van der Waals surface area contributed by atoms with Crippen molar-refractivity contribution in [3.63, 3.8) is 0 Å². The van der Waals surface area contributed by atoms with E-state index in [2.05, 4.69) is 10.0 Å². The molecule has 0 bridgehead atoms. The molecule has 0 aliphatic heterocycles. The first-order valence-electron chi connectivity index (χ1n) is 5.94. The van der Waals surface area contributed by atoms with Crippen LogP contribution in [0.5, 0.6) is 11.5 Å². The van der Waals surface area contributed by atoms with Crippen molar-refractivity contribution < 1.29 is 19.7 Å². The second-order valence-corrected chi connectivity index (χ2v) is 4.10. The predicted molar refractivity (Wildman–Crippen MR) is 74.1 cm³/mol. The second kappa shape index (κ2) is 6.31. The van der Waals surface area contributed by atoms with Crippen molar-refractivity contribution in [3.8, 4) is 11.5 Å². The highest BCUT2D eigenvalue weighted by Crippen LogP contribution is 2.25. The van der Waals surface area contributed by atoms with Gasteiger partial charge in [0.25, 0.3) is 0 Å². The Hall–Kier alpha value is -3.18. The predicted octanol–water partition coefficient (Wildman–Crippen LogP) is 3.40. The molecule has 2 N–H and O–H groups in total. The normalized spacial score (nSPS) is 9.71. The second-order valence-electron chi connectivity index (χ2n) is 4.10. The van der Waals surface area contributed by atoms with Crippen molar-refractivity contribution in [1.82, 2.24) is 0 Å². The molecule has 0 spiro atoms. The summed E-state index contributed by atoms with van der Waals surface area (Å²) in [6.07, 6.45) is 0. The van der Waals surface area contributed by atoms with E-state index in [-0.39, 0.29) is 29.4 Å². The summed E-state index contributed by atoms with van der Waals surface area (Å²) in [7, 11) is 0. The van der Waals surface area contributed by atoms with Crippen LogP contribution in [-0.4, -0.2) is 16.2 Å². The zero-order chi connectivity index (χ0) is 15.2. The van der Waals surface area contributed by atoms with Gasteiger partial charge in [0.05, 0.1) is 0 Å². The van der Waals surface area contributed by atoms with Crippen LogP contribution >= 0.6 is 0 Å². The fourth-order valence-electron chi connectivity index (χ4n) is 1.66. The Morgan fingerprint density at radius 1 is 1.19 bits per heavy atom. The minimum atomic E-state index is -0.702. The van der Waals surface area contributed by atoms with Gasteiger partial charge in [-0.05, 0) is 23.7 Å². The number of para-hydroxylation sites is 1. The molecule has 0 radical (unpaired) electrons. The molecule has 2 rings (SSSR count). The first-order valence-corrected chi connectivity index (χ1v) is 5.94. The molecular weight excluding hydrogens is 274 g/mol. The number of esters is 1. The Morgan fingerprint density at radius 3 is 2.62 bits per heavy atom. The summed E-state index contributed by atoms with van der Waals surface area (Å²) in [6, 6.07) is 10.2. The Kier molecular flexibility index (Phi) is 4.28. The summed E-state index contributed by atoms with van der Waals surface area (Å²) >= 11 is 0. The van der Waals surface area contributed by atoms with Crippen LogP contribution < -0.4 is 0 Å². The molecule has 2 aromatic carbocycles. The number of azide groups is 1. The van der Waals surface area contributed by atoms with E-state index in [0.29, 0.717) is 5.56 Å². The zero-order valence-corrected chi connectivity index (χ0v) is 10.8. The van der Waals surface area contributed by atoms with Gasteiger partial charge >= 0.3 is 5.97 Å². The summed E-state index contributed by atoms with van der Waals surface area (Å²) in [5.74, 6) is -1.03. The zero-order valence-electron chi connectivity index (χ0n) is 10.8. The summed E-state index contributed by atoms with van der Waals surface area (Å²) in [5.41, 5.74) is 8.95. The first kappa shape index (κ1) is 14.2. The Balaban J connectivity index is 2.08. The van der Waals surface area contributed by atoms with Crippen LogP contribution in [0, 0.1) is 0 Å². The number of ether oxygens (including phenoxy) is 1. The van der Waals surface area contributed by atoms with Crippen molar-refractivity contribution >= 4 is 11.7 Å². The average molecular weight is 285 g/mol. The number of phenolic OH excluding ortho intramolecular Hbond substituents is 2. The molecule has 0 atom stereocenters. The molecule has 0 aliphatic carbocycles. The minimum Gasteiger partial charge on any atom is -0.508 e. The van der Waals surface area contributed by atoms with Crippen molar-refractivity contribution in [1.29, 1.82) is 0 Å². The number of hydrogen-bond acceptors (Lipinski definition) is 5. The SMILES string of the molecule is [N-]=[N+]=Nc1ccc(COC(=O)c2ccccc2O)c(O)c1. The van der Waals surface area contributed by atoms with Crippen molar-refractivity contribution in [3.05, 3.63) is 64.0 Å². The standard InChI is InChI=1S/C14H11N3O4/c15-17-16-10-6-5-9(13(19)7-10)8-21-14(20)11-3-1-2-4-12(11)18/h1-7,18-19H,8H2. The molecule has 7 nitrogen and oxygen atoms in total. The van der Waals surface area contributed by atoms with Crippen LogP contribution in [0.2, 0.25) is 0 Å². The van der Waals surface area contributed by atoms with Crippen LogP contribution in [0.1, 0.15) is 15.9 Å². The van der Waals surface area contributed by atoms with E-state index in [1.807, 2.05) is 0 Å². The van der Waals surface area contributed by atoms with E-state index in [1.165, 1.54) is 30.3 Å². The molecule has 0 saturated heterocycles. The van der Waals surface area contributed by atoms with Crippen LogP contribution in [0.15, 0.2) is 47.6 Å². The Labute approximate surface area is 119 Å². The number of nitrogens with zero attached hydrogens (tertiary/aromatic N) is 3. The lowest BCUT2D eigenvalue weighted by Crippen LogP contribution is -2.05. The molecule has 0 heterocycles. The molecule has 0 unspecified atom stereocenters. The van der Waals surface area contributed by atoms with Crippen molar-refractivity contribution in [2.75, 3.05) is 0 Å². The molecule has 0 amide bonds. The first-order chi connectivity index (χ1) is 10.1. The quantitative estimate of drug-likeness (QED) is 0.387. The highest BCUT2D eigenvalue weighted by molar-refractivity contribution is 5.92. The third-order valence-corrected chi connectivity index (χ3v) is 2.71. The number of phenols is 2. The van der Waals surface area contributed by atoms with Crippen LogP contribution in [-0.2, 0) is 11.3 Å². The molecule has 0 saturated carbocycles. The van der Waals surface area contributed by atoms with E-state index in [4.69, 9.17) is 10.3 Å². The van der Waals surface area contributed by atoms with Gasteiger partial charge in [-0.2, -0.15) is 0 Å². The monoisotopic (exact) mass is 285 g/mol. The van der Waals surface area contributed by atoms with Gasteiger partial charge in [-0.25, -0.2) is 4.79 Å². The minimum absolute atomic E-state index is 0.0442. The number of aromatic hydroxyl groups is 2. The van der Waals surface area contributed by atoms with E-state index in [1.54, 1.807) is 12.1 Å². The highest BCUT2D eigenvalue weighted by atomic mass is 16.5. The van der Waals surface area contributed by atoms with Crippen LogP contribution in [0.4, 0.5) is 5.69 Å². The van der Waals surface area contributed by atoms with Crippen LogP contribution in [0.25, 0.3) is 10.4 Å². The lowest BCUT2D eigenvalue weighted by Gasteiger charge is -2.08. The molecule has 2 aromatic rings. The number of rotatable bonds is 4. The molecule has 0 aromatic heterocycles. The summed E-state index contributed by atoms with van der Waals surface area (Å²) in [5, 5.41) is 22.6. The van der Waals surface area contributed by atoms with Gasteiger partial charge in [-0.15, -0.1) is 0 Å². The molecule has 0 fully saturated rings. The van der Waals surface area contributed by atoms with Gasteiger partial charge in [-0.1, -0.05) is 29.4 Å². The van der Waals surface area contributed by atoms with Crippen LogP contribution in [0.3, 0.4) is 0 Å². The lowest BCUT2D eigenvalue weighted by atomic mass is 10.2. The number of hydrogen-bond donors (Lipinski definition) is 2. The third kappa shape index (κ3) is 3.43. The fourth-order valence-corrected chi connectivity index (χ4v) is 1.66. The summed E-state index contributed by atoms with van der Waals surface area (Å²) in [4.78, 5) is 14.4. The number of carbonyl (C=O) groups excluding carboxylic acids is 1. The maximum Gasteiger partial charge on any atom is 0.342 e. The number of benzene rings is 2. The Bertz CT molecular complexity index is 724. The maximum atomic E-state index is 11.8. The maximum absolute atomic E-state index is 11.8. The van der Waals surface area contributed by atoms with Crippen molar-refractivity contribution in [2.45, 2.75) is 6.61 Å². The van der Waals surface area contributed by atoms with E-state index < -0.39 is 5.97 Å². The van der Waals surface area contributed by atoms with Gasteiger partial charge in [0.15, 0.2) is 0 Å². The topological polar surface area (TPSA) is 116 Å². The van der Waals surface area contributed by atoms with Gasteiger partial charge in [0.1, 0.15) is 23.7 Å². The lowest BCUT2D eigenvalue weighted by molar-refractivity contribution is 0.0467. The third-order valence-electron chi connectivity index (χ3n) is 2.71. The van der Waals surface area contributed by atoms with Gasteiger partial charge in [-0.3, -0.25) is 0 Å². The molecule has 7 heteroatoms. The van der Waals surface area contributed by atoms with Crippen molar-refractivity contribution in [2.24, 2.45) is 5.11 Å². The van der Waals surface area contributed by atoms with Gasteiger partial charge in [0, 0.05) is 16.2 Å². The van der Waals surface area contributed by atoms with Gasteiger partial charge in [0.2, 0.25) is 0 Å². The number of carbonyl (C=O) groups is 1. The largest absolute Gasteiger partial charge is 0.508 e. The molecular formula is C14H11N3O4. The summed E-state index contributed by atoms with van der Waals surface area (Å²) < 4.78 is 5.01. The fraction of sp³-hybridized carbons (Fsp3) is 0.0714. The highest BCUT2D eigenvalue weighted by Gasteiger charge is 2.12. The molecule has 21 heavy (non-hydrogen) atoms. The van der Waals surface area contributed by atoms with E-state index in [9.17, 15) is 15.0 Å². The van der Waals surface area contributed by atoms with E-state index >= 15 is 0 Å². The average Bonchev–Trinajstić information content (AvgIpc) is 2.47. The Morgan fingerprint density at radius 2 is 1.95 bits per heavy atom. The van der Waals surface area contributed by atoms with Gasteiger partial charge < -0.3 is 14.9 Å². The smallest absolute Gasteiger partial charge is 0.342 e. The summed E-state index contributed by atoms with van der Waals surface area (Å²) in [6.45, 7) is -0.171. The molecule has 0 aliphatic rings.